The van der Waals surface area contributed by atoms with E-state index in [1.54, 1.807) is 0 Å². The van der Waals surface area contributed by atoms with E-state index in [1.165, 1.54) is 0 Å². The zero-order valence-corrected chi connectivity index (χ0v) is 15.8. The van der Waals surface area contributed by atoms with Crippen molar-refractivity contribution in [3.63, 3.8) is 0 Å². The molecule has 2 aromatic rings. The van der Waals surface area contributed by atoms with Crippen LogP contribution in [0.4, 0.5) is 0 Å². The summed E-state index contributed by atoms with van der Waals surface area (Å²) in [5.41, 5.74) is 2.94. The third-order valence-corrected chi connectivity index (χ3v) is 5.28. The van der Waals surface area contributed by atoms with Crippen LogP contribution in [-0.4, -0.2) is 19.3 Å². The average Bonchev–Trinajstić information content (AvgIpc) is 2.57. The van der Waals surface area contributed by atoms with E-state index in [1.807, 2.05) is 24.3 Å². The number of benzene rings is 2. The van der Waals surface area contributed by atoms with E-state index in [2.05, 4.69) is 58.9 Å². The van der Waals surface area contributed by atoms with Crippen molar-refractivity contribution in [2.45, 2.75) is 46.8 Å². The van der Waals surface area contributed by atoms with Gasteiger partial charge in [0.05, 0.1) is 5.60 Å². The normalized spacial score (nSPS) is 18.8. The summed E-state index contributed by atoms with van der Waals surface area (Å²) in [6, 6.07) is 16.3. The lowest BCUT2D eigenvalue weighted by Gasteiger charge is -2.47. The maximum absolute atomic E-state index is 6.32. The summed E-state index contributed by atoms with van der Waals surface area (Å²) in [5, 5.41) is 0. The fourth-order valence-electron chi connectivity index (χ4n) is 2.79. The standard InChI is InChI=1S/C21H27BO3/c1-16-11-12-19(23-14-17-9-7-6-8-10-17)18(13-16)22-24-15-20(2,3)21(4,5)25-22/h6-13H,14-15H2,1-5H3. The van der Waals surface area contributed by atoms with E-state index in [-0.39, 0.29) is 11.0 Å². The number of ether oxygens (including phenoxy) is 1. The van der Waals surface area contributed by atoms with Crippen LogP contribution in [0.1, 0.15) is 38.8 Å². The number of hydrogen-bond donors (Lipinski definition) is 0. The molecule has 0 spiro atoms. The van der Waals surface area contributed by atoms with Gasteiger partial charge in [0.2, 0.25) is 0 Å². The quantitative estimate of drug-likeness (QED) is 0.785. The highest BCUT2D eigenvalue weighted by molar-refractivity contribution is 6.62. The molecule has 132 valence electrons. The topological polar surface area (TPSA) is 27.7 Å². The van der Waals surface area contributed by atoms with Crippen LogP contribution < -0.4 is 10.2 Å². The van der Waals surface area contributed by atoms with Crippen molar-refractivity contribution in [2.75, 3.05) is 6.61 Å². The molecule has 3 nitrogen and oxygen atoms in total. The Morgan fingerprint density at radius 1 is 1.04 bits per heavy atom. The smallest absolute Gasteiger partial charge is 0.489 e. The minimum absolute atomic E-state index is 0.0433. The Morgan fingerprint density at radius 2 is 1.76 bits per heavy atom. The van der Waals surface area contributed by atoms with E-state index >= 15 is 0 Å². The number of hydrogen-bond acceptors (Lipinski definition) is 3. The summed E-state index contributed by atoms with van der Waals surface area (Å²) < 4.78 is 18.5. The minimum Gasteiger partial charge on any atom is -0.489 e. The largest absolute Gasteiger partial charge is 0.498 e. The second kappa shape index (κ2) is 6.85. The van der Waals surface area contributed by atoms with Gasteiger partial charge in [-0.05, 0) is 32.4 Å². The predicted octanol–water partition coefficient (Wildman–Crippen LogP) is 4.12. The first-order chi connectivity index (χ1) is 11.8. The second-order valence-corrected chi connectivity index (χ2v) is 7.97. The number of aryl methyl sites for hydroxylation is 1. The van der Waals surface area contributed by atoms with Crippen LogP contribution in [0.3, 0.4) is 0 Å². The summed E-state index contributed by atoms with van der Waals surface area (Å²) in [6.07, 6.45) is 0. The Morgan fingerprint density at radius 3 is 2.44 bits per heavy atom. The van der Waals surface area contributed by atoms with Crippen LogP contribution >= 0.6 is 0 Å². The molecule has 2 aromatic carbocycles. The Kier molecular flexibility index (Phi) is 4.94. The molecular weight excluding hydrogens is 311 g/mol. The molecule has 1 saturated heterocycles. The van der Waals surface area contributed by atoms with Crippen LogP contribution in [0.15, 0.2) is 48.5 Å². The van der Waals surface area contributed by atoms with Crippen molar-refractivity contribution in [3.05, 3.63) is 59.7 Å². The van der Waals surface area contributed by atoms with Crippen LogP contribution in [0, 0.1) is 12.3 Å². The summed E-state index contributed by atoms with van der Waals surface area (Å²) in [6.45, 7) is 11.8. The highest BCUT2D eigenvalue weighted by Gasteiger charge is 2.47. The van der Waals surface area contributed by atoms with Crippen LogP contribution in [0.5, 0.6) is 5.75 Å². The first kappa shape index (κ1) is 18.0. The summed E-state index contributed by atoms with van der Waals surface area (Å²) in [7, 11) is -0.409. The van der Waals surface area contributed by atoms with Crippen molar-refractivity contribution >= 4 is 12.6 Å². The molecule has 25 heavy (non-hydrogen) atoms. The van der Waals surface area contributed by atoms with Crippen LogP contribution in [-0.2, 0) is 15.9 Å². The fraction of sp³-hybridized carbons (Fsp3) is 0.429. The lowest BCUT2D eigenvalue weighted by Crippen LogP contribution is -2.58. The first-order valence-electron chi connectivity index (χ1n) is 8.85. The van der Waals surface area contributed by atoms with E-state index < -0.39 is 7.12 Å². The molecule has 0 radical (unpaired) electrons. The zero-order valence-electron chi connectivity index (χ0n) is 15.8. The van der Waals surface area contributed by atoms with Gasteiger partial charge in [-0.1, -0.05) is 61.9 Å². The lowest BCUT2D eigenvalue weighted by atomic mass is 9.68. The predicted molar refractivity (Wildman–Crippen MR) is 102 cm³/mol. The second-order valence-electron chi connectivity index (χ2n) is 7.97. The Hall–Kier alpha value is -1.78. The third kappa shape index (κ3) is 3.91. The lowest BCUT2D eigenvalue weighted by molar-refractivity contribution is -0.0938. The van der Waals surface area contributed by atoms with Crippen molar-refractivity contribution in [1.29, 1.82) is 0 Å². The van der Waals surface area contributed by atoms with Gasteiger partial charge < -0.3 is 14.0 Å². The molecule has 0 aromatic heterocycles. The van der Waals surface area contributed by atoms with Gasteiger partial charge in [-0.2, -0.15) is 0 Å². The molecule has 0 atom stereocenters. The summed E-state index contributed by atoms with van der Waals surface area (Å²) >= 11 is 0. The van der Waals surface area contributed by atoms with E-state index in [9.17, 15) is 0 Å². The Labute approximate surface area is 151 Å². The Bertz CT molecular complexity index is 725. The molecule has 0 saturated carbocycles. The molecule has 0 aliphatic carbocycles. The van der Waals surface area contributed by atoms with Gasteiger partial charge in [0.25, 0.3) is 0 Å². The van der Waals surface area contributed by atoms with Gasteiger partial charge in [0.15, 0.2) is 0 Å². The van der Waals surface area contributed by atoms with Gasteiger partial charge in [-0.15, -0.1) is 0 Å². The van der Waals surface area contributed by atoms with Crippen molar-refractivity contribution in [3.8, 4) is 5.75 Å². The highest BCUT2D eigenvalue weighted by Crippen LogP contribution is 2.38. The van der Waals surface area contributed by atoms with Crippen molar-refractivity contribution in [2.24, 2.45) is 5.41 Å². The molecule has 1 aliphatic rings. The maximum Gasteiger partial charge on any atom is 0.498 e. The SMILES string of the molecule is Cc1ccc(OCc2ccccc2)c(B2OCC(C)(C)C(C)(C)O2)c1. The molecule has 1 aliphatic heterocycles. The van der Waals surface area contributed by atoms with Gasteiger partial charge in [0, 0.05) is 17.5 Å². The third-order valence-electron chi connectivity index (χ3n) is 5.28. The molecule has 4 heteroatoms. The van der Waals surface area contributed by atoms with Gasteiger partial charge in [-0.3, -0.25) is 0 Å². The minimum atomic E-state index is -0.409. The Balaban J connectivity index is 1.82. The first-order valence-corrected chi connectivity index (χ1v) is 8.85. The van der Waals surface area contributed by atoms with E-state index in [0.29, 0.717) is 13.2 Å². The zero-order chi connectivity index (χ0) is 18.1. The van der Waals surface area contributed by atoms with E-state index in [4.69, 9.17) is 14.0 Å². The molecule has 3 rings (SSSR count). The molecule has 0 amide bonds. The average molecular weight is 338 g/mol. The van der Waals surface area contributed by atoms with Gasteiger partial charge in [-0.25, -0.2) is 0 Å². The summed E-state index contributed by atoms with van der Waals surface area (Å²) in [4.78, 5) is 0. The van der Waals surface area contributed by atoms with E-state index in [0.717, 1.165) is 22.3 Å². The monoisotopic (exact) mass is 338 g/mol. The molecule has 0 bridgehead atoms. The molecule has 0 N–H and O–H groups in total. The molecule has 0 unspecified atom stereocenters. The van der Waals surface area contributed by atoms with Gasteiger partial charge in [0.1, 0.15) is 12.4 Å². The highest BCUT2D eigenvalue weighted by atomic mass is 16.6. The van der Waals surface area contributed by atoms with Crippen molar-refractivity contribution < 1.29 is 14.0 Å². The molecule has 1 heterocycles. The van der Waals surface area contributed by atoms with Crippen LogP contribution in [0.2, 0.25) is 0 Å². The molecular formula is C21H27BO3. The fourth-order valence-corrected chi connectivity index (χ4v) is 2.79. The van der Waals surface area contributed by atoms with Crippen LogP contribution in [0.25, 0.3) is 0 Å². The van der Waals surface area contributed by atoms with Crippen molar-refractivity contribution in [1.82, 2.24) is 0 Å². The molecule has 1 fully saturated rings. The number of rotatable bonds is 4. The summed E-state index contributed by atoms with van der Waals surface area (Å²) in [5.74, 6) is 0.815. The van der Waals surface area contributed by atoms with Gasteiger partial charge >= 0.3 is 7.12 Å². The maximum atomic E-state index is 6.32.